The Morgan fingerprint density at radius 3 is 2.40 bits per heavy atom. The molecule has 2 unspecified atom stereocenters. The summed E-state index contributed by atoms with van der Waals surface area (Å²) >= 11 is 0. The Hall–Kier alpha value is -1.55. The lowest BCUT2D eigenvalue weighted by Gasteiger charge is -2.61. The molecule has 1 aromatic rings. The molecule has 1 aromatic carbocycles. The smallest absolute Gasteiger partial charge is 0.226 e. The zero-order chi connectivity index (χ0) is 17.5. The van der Waals surface area contributed by atoms with Crippen molar-refractivity contribution in [1.29, 1.82) is 0 Å². The van der Waals surface area contributed by atoms with Gasteiger partial charge in [0.25, 0.3) is 0 Å². The quantitative estimate of drug-likeness (QED) is 0.806. The van der Waals surface area contributed by atoms with Crippen molar-refractivity contribution in [1.82, 2.24) is 5.32 Å². The zero-order valence-corrected chi connectivity index (χ0v) is 15.3. The molecule has 0 radical (unpaired) electrons. The Bertz CT molecular complexity index is 625. The number of methoxy groups -OCH3 is 2. The highest BCUT2D eigenvalue weighted by molar-refractivity contribution is 5.83. The highest BCUT2D eigenvalue weighted by Gasteiger charge is 2.60. The molecule has 0 aromatic heterocycles. The highest BCUT2D eigenvalue weighted by Crippen LogP contribution is 2.65. The van der Waals surface area contributed by atoms with Crippen LogP contribution >= 0.6 is 0 Å². The molecular weight excluding hydrogens is 314 g/mol. The van der Waals surface area contributed by atoms with Crippen LogP contribution in [-0.4, -0.2) is 33.3 Å². The molecule has 136 valence electrons. The maximum absolute atomic E-state index is 13.1. The van der Waals surface area contributed by atoms with Crippen LogP contribution in [0.1, 0.15) is 44.1 Å². The van der Waals surface area contributed by atoms with Gasteiger partial charge in [-0.25, -0.2) is 0 Å². The Kier molecular flexibility index (Phi) is 4.27. The fourth-order valence-corrected chi connectivity index (χ4v) is 6.26. The van der Waals surface area contributed by atoms with E-state index in [0.29, 0.717) is 25.0 Å². The number of carbonyl (C=O) groups excluding carboxylic acids is 1. The van der Waals surface area contributed by atoms with Gasteiger partial charge in [0.2, 0.25) is 5.91 Å². The molecule has 4 heteroatoms. The predicted octanol–water partition coefficient (Wildman–Crippen LogP) is 3.30. The molecule has 4 fully saturated rings. The van der Waals surface area contributed by atoms with Crippen LogP contribution in [-0.2, 0) is 14.9 Å². The van der Waals surface area contributed by atoms with Gasteiger partial charge < -0.3 is 14.8 Å². The van der Waals surface area contributed by atoms with E-state index in [1.807, 2.05) is 0 Å². The summed E-state index contributed by atoms with van der Waals surface area (Å²) in [4.78, 5) is 13.1. The average molecular weight is 343 g/mol. The Morgan fingerprint density at radius 1 is 1.12 bits per heavy atom. The molecule has 0 saturated heterocycles. The largest absolute Gasteiger partial charge is 0.497 e. The van der Waals surface area contributed by atoms with Crippen LogP contribution in [0.15, 0.2) is 24.3 Å². The monoisotopic (exact) mass is 343 g/mol. The molecule has 25 heavy (non-hydrogen) atoms. The molecule has 0 spiro atoms. The van der Waals surface area contributed by atoms with Crippen molar-refractivity contribution in [3.05, 3.63) is 29.8 Å². The molecule has 0 heterocycles. The summed E-state index contributed by atoms with van der Waals surface area (Å²) in [6.45, 7) is 1.19. The Balaban J connectivity index is 1.61. The summed E-state index contributed by atoms with van der Waals surface area (Å²) in [5.74, 6) is 2.55. The fourth-order valence-electron chi connectivity index (χ4n) is 6.26. The van der Waals surface area contributed by atoms with Gasteiger partial charge in [-0.1, -0.05) is 12.1 Å². The van der Waals surface area contributed by atoms with Crippen LogP contribution in [0.5, 0.6) is 5.75 Å². The molecule has 1 N–H and O–H groups in total. The number of amides is 1. The van der Waals surface area contributed by atoms with Crippen molar-refractivity contribution >= 4 is 5.91 Å². The lowest BCUT2D eigenvalue weighted by atomic mass is 9.42. The van der Waals surface area contributed by atoms with Crippen LogP contribution in [0.2, 0.25) is 0 Å². The predicted molar refractivity (Wildman–Crippen MR) is 96.7 cm³/mol. The SMILES string of the molecule is COCCNC(=O)C12CC3CC(C1)CC(c1ccc(OC)cc1)(C3)C2. The second-order valence-electron chi connectivity index (χ2n) is 8.50. The Morgan fingerprint density at radius 2 is 1.80 bits per heavy atom. The van der Waals surface area contributed by atoms with Gasteiger partial charge in [-0.05, 0) is 73.5 Å². The number of benzene rings is 1. The van der Waals surface area contributed by atoms with Crippen molar-refractivity contribution < 1.29 is 14.3 Å². The van der Waals surface area contributed by atoms with Crippen LogP contribution in [0, 0.1) is 17.3 Å². The van der Waals surface area contributed by atoms with E-state index in [0.717, 1.165) is 25.0 Å². The lowest BCUT2D eigenvalue weighted by molar-refractivity contribution is -0.149. The van der Waals surface area contributed by atoms with Gasteiger partial charge >= 0.3 is 0 Å². The standard InChI is InChI=1S/C21H29NO3/c1-24-8-7-22-19(23)21-12-15-9-16(13-21)11-20(10-15,14-21)17-3-5-18(25-2)6-4-17/h3-6,15-16H,7-14H2,1-2H3,(H,22,23). The van der Waals surface area contributed by atoms with Gasteiger partial charge in [0.05, 0.1) is 19.1 Å². The first-order chi connectivity index (χ1) is 12.1. The molecule has 0 aliphatic heterocycles. The van der Waals surface area contributed by atoms with E-state index in [9.17, 15) is 4.79 Å². The third kappa shape index (κ3) is 2.84. The molecule has 4 aliphatic rings. The van der Waals surface area contributed by atoms with Crippen molar-refractivity contribution in [2.45, 2.75) is 43.9 Å². The number of ether oxygens (including phenoxy) is 2. The van der Waals surface area contributed by atoms with Gasteiger partial charge in [0, 0.05) is 13.7 Å². The molecule has 4 bridgehead atoms. The van der Waals surface area contributed by atoms with Gasteiger partial charge in [-0.2, -0.15) is 0 Å². The molecule has 2 atom stereocenters. The zero-order valence-electron chi connectivity index (χ0n) is 15.3. The summed E-state index contributed by atoms with van der Waals surface area (Å²) in [7, 11) is 3.38. The minimum atomic E-state index is -0.169. The fraction of sp³-hybridized carbons (Fsp3) is 0.667. The van der Waals surface area contributed by atoms with E-state index in [1.165, 1.54) is 24.8 Å². The van der Waals surface area contributed by atoms with Gasteiger partial charge in [-0.3, -0.25) is 4.79 Å². The number of nitrogens with one attached hydrogen (secondary N) is 1. The minimum Gasteiger partial charge on any atom is -0.497 e. The van der Waals surface area contributed by atoms with Crippen LogP contribution in [0.3, 0.4) is 0 Å². The average Bonchev–Trinajstić information content (AvgIpc) is 2.61. The van der Waals surface area contributed by atoms with E-state index in [4.69, 9.17) is 9.47 Å². The number of rotatable bonds is 6. The molecule has 4 nitrogen and oxygen atoms in total. The Labute approximate surface area is 150 Å². The summed E-state index contributed by atoms with van der Waals surface area (Å²) in [6, 6.07) is 8.59. The first-order valence-electron chi connectivity index (χ1n) is 9.51. The third-order valence-electron chi connectivity index (χ3n) is 6.84. The molecule has 1 amide bonds. The maximum Gasteiger partial charge on any atom is 0.226 e. The first-order valence-corrected chi connectivity index (χ1v) is 9.51. The van der Waals surface area contributed by atoms with Gasteiger partial charge in [-0.15, -0.1) is 0 Å². The summed E-state index contributed by atoms with van der Waals surface area (Å²) in [6.07, 6.45) is 6.93. The number of carbonyl (C=O) groups is 1. The summed E-state index contributed by atoms with van der Waals surface area (Å²) < 4.78 is 10.4. The molecule has 4 saturated carbocycles. The number of hydrogen-bond acceptors (Lipinski definition) is 3. The molecule has 4 aliphatic carbocycles. The second kappa shape index (κ2) is 6.31. The third-order valence-corrected chi connectivity index (χ3v) is 6.84. The van der Waals surface area contributed by atoms with Crippen LogP contribution in [0.4, 0.5) is 0 Å². The van der Waals surface area contributed by atoms with Crippen molar-refractivity contribution in [2.24, 2.45) is 17.3 Å². The summed E-state index contributed by atoms with van der Waals surface area (Å²) in [5.41, 5.74) is 1.41. The maximum atomic E-state index is 13.1. The van der Waals surface area contributed by atoms with E-state index >= 15 is 0 Å². The highest BCUT2D eigenvalue weighted by atomic mass is 16.5. The molecule has 5 rings (SSSR count). The lowest BCUT2D eigenvalue weighted by Crippen LogP contribution is -2.59. The van der Waals surface area contributed by atoms with Crippen LogP contribution < -0.4 is 10.1 Å². The summed E-state index contributed by atoms with van der Waals surface area (Å²) in [5, 5.41) is 3.14. The second-order valence-corrected chi connectivity index (χ2v) is 8.50. The van der Waals surface area contributed by atoms with Crippen molar-refractivity contribution in [2.75, 3.05) is 27.4 Å². The normalized spacial score (nSPS) is 35.6. The topological polar surface area (TPSA) is 47.6 Å². The van der Waals surface area contributed by atoms with E-state index in [-0.39, 0.29) is 16.7 Å². The van der Waals surface area contributed by atoms with Crippen molar-refractivity contribution in [3.63, 3.8) is 0 Å². The first kappa shape index (κ1) is 16.9. The minimum absolute atomic E-state index is 0.169. The number of hydrogen-bond donors (Lipinski definition) is 1. The van der Waals surface area contributed by atoms with E-state index in [2.05, 4.69) is 29.6 Å². The van der Waals surface area contributed by atoms with Gasteiger partial charge in [0.15, 0.2) is 0 Å². The van der Waals surface area contributed by atoms with Crippen LogP contribution in [0.25, 0.3) is 0 Å². The van der Waals surface area contributed by atoms with Crippen molar-refractivity contribution in [3.8, 4) is 5.75 Å². The van der Waals surface area contributed by atoms with E-state index < -0.39 is 0 Å². The van der Waals surface area contributed by atoms with E-state index in [1.54, 1.807) is 14.2 Å². The molecular formula is C21H29NO3. The van der Waals surface area contributed by atoms with Gasteiger partial charge in [0.1, 0.15) is 5.75 Å².